The maximum Gasteiger partial charge on any atom is 0.125 e. The second kappa shape index (κ2) is 8.43. The quantitative estimate of drug-likeness (QED) is 0.522. The molecule has 0 N–H and O–H groups in total. The Bertz CT molecular complexity index is 749. The van der Waals surface area contributed by atoms with Crippen LogP contribution in [0.2, 0.25) is 0 Å². The second-order valence-electron chi connectivity index (χ2n) is 9.63. The zero-order chi connectivity index (χ0) is 19.6. The normalized spacial score (nSPS) is 29.7. The molecule has 1 heterocycles. The van der Waals surface area contributed by atoms with Gasteiger partial charge in [-0.2, -0.15) is 0 Å². The zero-order valence-electron chi connectivity index (χ0n) is 17.7. The Morgan fingerprint density at radius 2 is 2.11 bits per heavy atom. The summed E-state index contributed by atoms with van der Waals surface area (Å²) in [5, 5.41) is 0. The molecular formula is C26H36FN. The van der Waals surface area contributed by atoms with E-state index in [-0.39, 0.29) is 11.2 Å². The van der Waals surface area contributed by atoms with Crippen LogP contribution in [0.3, 0.4) is 0 Å². The molecule has 1 spiro atoms. The van der Waals surface area contributed by atoms with Crippen molar-refractivity contribution < 1.29 is 4.39 Å². The van der Waals surface area contributed by atoms with Crippen molar-refractivity contribution in [3.63, 3.8) is 0 Å². The minimum absolute atomic E-state index is 0.0962. The minimum atomic E-state index is -0.0962. The molecule has 1 saturated carbocycles. The van der Waals surface area contributed by atoms with Crippen molar-refractivity contribution in [2.75, 3.05) is 18.0 Å². The van der Waals surface area contributed by atoms with Gasteiger partial charge in [0.2, 0.25) is 0 Å². The number of hydrogen-bond donors (Lipinski definition) is 0. The fourth-order valence-corrected chi connectivity index (χ4v) is 5.87. The molecule has 0 bridgehead atoms. The van der Waals surface area contributed by atoms with E-state index in [0.717, 1.165) is 31.1 Å². The van der Waals surface area contributed by atoms with E-state index >= 15 is 0 Å². The summed E-state index contributed by atoms with van der Waals surface area (Å²) in [6, 6.07) is 5.59. The lowest BCUT2D eigenvalue weighted by Crippen LogP contribution is -2.34. The number of benzene rings is 1. The summed E-state index contributed by atoms with van der Waals surface area (Å²) < 4.78 is 14.2. The molecule has 2 heteroatoms. The highest BCUT2D eigenvalue weighted by molar-refractivity contribution is 5.64. The lowest BCUT2D eigenvalue weighted by Gasteiger charge is -2.30. The summed E-state index contributed by atoms with van der Waals surface area (Å²) in [6.07, 6.45) is 18.5. The summed E-state index contributed by atoms with van der Waals surface area (Å²) in [6.45, 7) is 6.60. The number of rotatable bonds is 5. The summed E-state index contributed by atoms with van der Waals surface area (Å²) in [5.74, 6) is 1.41. The van der Waals surface area contributed by atoms with Crippen molar-refractivity contribution in [1.29, 1.82) is 0 Å². The van der Waals surface area contributed by atoms with Crippen LogP contribution in [0.4, 0.5) is 10.1 Å². The van der Waals surface area contributed by atoms with Gasteiger partial charge in [-0.3, -0.25) is 0 Å². The fourth-order valence-electron chi connectivity index (χ4n) is 5.87. The number of halogens is 1. The number of nitrogens with zero attached hydrogens (tertiary/aromatic N) is 1. The van der Waals surface area contributed by atoms with Gasteiger partial charge in [0, 0.05) is 24.2 Å². The first kappa shape index (κ1) is 19.7. The van der Waals surface area contributed by atoms with Gasteiger partial charge >= 0.3 is 0 Å². The van der Waals surface area contributed by atoms with Crippen LogP contribution < -0.4 is 4.90 Å². The van der Waals surface area contributed by atoms with Crippen LogP contribution in [0.5, 0.6) is 0 Å². The highest BCUT2D eigenvalue weighted by Gasteiger charge is 2.43. The van der Waals surface area contributed by atoms with Crippen LogP contribution in [0.15, 0.2) is 42.0 Å². The average molecular weight is 382 g/mol. The number of hydrogen-bond acceptors (Lipinski definition) is 1. The first-order chi connectivity index (χ1) is 13.6. The predicted molar refractivity (Wildman–Crippen MR) is 117 cm³/mol. The monoisotopic (exact) mass is 381 g/mol. The molecule has 1 fully saturated rings. The van der Waals surface area contributed by atoms with Crippen LogP contribution in [0.1, 0.15) is 77.2 Å². The number of anilines is 1. The van der Waals surface area contributed by atoms with Gasteiger partial charge in [-0.15, -0.1) is 0 Å². The van der Waals surface area contributed by atoms with E-state index in [4.69, 9.17) is 0 Å². The molecule has 0 saturated heterocycles. The molecule has 3 unspecified atom stereocenters. The molecule has 1 aliphatic heterocycles. The standard InChI is InChI=1S/C26H36FN/c1-3-4-8-21-10-6-14-26(15-13-21)19-28(18-22-9-5-7-20(2)16-22)25-17-23(27)11-12-24(25)26/h5,7,9,11-12,17,20-21H,3-4,6,8,10,13-16,18-19H2,1-2H3. The van der Waals surface area contributed by atoms with Crippen molar-refractivity contribution in [2.45, 2.75) is 77.0 Å². The van der Waals surface area contributed by atoms with E-state index in [2.05, 4.69) is 43.0 Å². The molecule has 0 amide bonds. The Kier molecular flexibility index (Phi) is 5.94. The van der Waals surface area contributed by atoms with E-state index in [9.17, 15) is 4.39 Å². The van der Waals surface area contributed by atoms with Crippen molar-refractivity contribution in [2.24, 2.45) is 11.8 Å². The molecular weight excluding hydrogens is 345 g/mol. The Morgan fingerprint density at radius 3 is 2.93 bits per heavy atom. The van der Waals surface area contributed by atoms with Gasteiger partial charge in [-0.05, 0) is 55.2 Å². The van der Waals surface area contributed by atoms with Crippen LogP contribution in [0, 0.1) is 17.7 Å². The second-order valence-corrected chi connectivity index (χ2v) is 9.63. The number of unbranched alkanes of at least 4 members (excludes halogenated alkanes) is 1. The van der Waals surface area contributed by atoms with Gasteiger partial charge in [-0.1, -0.05) is 75.8 Å². The highest BCUT2D eigenvalue weighted by atomic mass is 19.1. The Balaban J connectivity index is 1.56. The SMILES string of the molecule is CCCCC1CCCC2(CC1)CN(CC1=CC=CC(C)C1)c1cc(F)ccc12. The van der Waals surface area contributed by atoms with Crippen LogP contribution in [0.25, 0.3) is 0 Å². The van der Waals surface area contributed by atoms with Crippen LogP contribution in [-0.4, -0.2) is 13.1 Å². The molecule has 4 rings (SSSR count). The molecule has 3 aliphatic rings. The number of fused-ring (bicyclic) bond motifs is 2. The van der Waals surface area contributed by atoms with Crippen molar-refractivity contribution in [3.05, 3.63) is 53.4 Å². The van der Waals surface area contributed by atoms with Crippen LogP contribution in [-0.2, 0) is 5.41 Å². The lowest BCUT2D eigenvalue weighted by molar-refractivity contribution is 0.371. The topological polar surface area (TPSA) is 3.24 Å². The van der Waals surface area contributed by atoms with Crippen molar-refractivity contribution >= 4 is 5.69 Å². The van der Waals surface area contributed by atoms with E-state index in [1.165, 1.54) is 62.5 Å². The predicted octanol–water partition coefficient (Wildman–Crippen LogP) is 7.18. The third-order valence-corrected chi connectivity index (χ3v) is 7.38. The van der Waals surface area contributed by atoms with E-state index in [1.807, 2.05) is 0 Å². The smallest absolute Gasteiger partial charge is 0.125 e. The minimum Gasteiger partial charge on any atom is -0.366 e. The van der Waals surface area contributed by atoms with Gasteiger partial charge < -0.3 is 4.90 Å². The van der Waals surface area contributed by atoms with Crippen LogP contribution >= 0.6 is 0 Å². The summed E-state index contributed by atoms with van der Waals surface area (Å²) >= 11 is 0. The lowest BCUT2D eigenvalue weighted by atomic mass is 9.75. The maximum atomic E-state index is 14.2. The van der Waals surface area contributed by atoms with Gasteiger partial charge in [0.05, 0.1) is 0 Å². The summed E-state index contributed by atoms with van der Waals surface area (Å²) in [4.78, 5) is 2.49. The molecule has 1 aromatic rings. The molecule has 28 heavy (non-hydrogen) atoms. The molecule has 0 aromatic heterocycles. The Hall–Kier alpha value is -1.57. The first-order valence-electron chi connectivity index (χ1n) is 11.5. The van der Waals surface area contributed by atoms with Crippen molar-refractivity contribution in [1.82, 2.24) is 0 Å². The van der Waals surface area contributed by atoms with E-state index in [1.54, 1.807) is 12.1 Å². The molecule has 1 nitrogen and oxygen atoms in total. The van der Waals surface area contributed by atoms with Gasteiger partial charge in [0.25, 0.3) is 0 Å². The Morgan fingerprint density at radius 1 is 1.21 bits per heavy atom. The summed E-state index contributed by atoms with van der Waals surface area (Å²) in [5.41, 5.74) is 4.30. The zero-order valence-corrected chi connectivity index (χ0v) is 17.7. The van der Waals surface area contributed by atoms with Gasteiger partial charge in [0.15, 0.2) is 0 Å². The average Bonchev–Trinajstić information content (AvgIpc) is 2.82. The molecule has 3 atom stereocenters. The number of allylic oxidation sites excluding steroid dienone is 3. The molecule has 152 valence electrons. The fraction of sp³-hybridized carbons (Fsp3) is 0.615. The molecule has 0 radical (unpaired) electrons. The maximum absolute atomic E-state index is 14.2. The third kappa shape index (κ3) is 4.07. The summed E-state index contributed by atoms with van der Waals surface area (Å²) in [7, 11) is 0. The molecule has 1 aromatic carbocycles. The van der Waals surface area contributed by atoms with Crippen molar-refractivity contribution in [3.8, 4) is 0 Å². The first-order valence-corrected chi connectivity index (χ1v) is 11.5. The van der Waals surface area contributed by atoms with Gasteiger partial charge in [-0.25, -0.2) is 4.39 Å². The largest absolute Gasteiger partial charge is 0.366 e. The van der Waals surface area contributed by atoms with E-state index < -0.39 is 0 Å². The molecule has 2 aliphatic carbocycles. The Labute approximate surface area is 170 Å². The van der Waals surface area contributed by atoms with Gasteiger partial charge in [0.1, 0.15) is 5.82 Å². The highest BCUT2D eigenvalue weighted by Crippen LogP contribution is 2.50. The third-order valence-electron chi connectivity index (χ3n) is 7.38. The van der Waals surface area contributed by atoms with E-state index in [0.29, 0.717) is 5.92 Å².